The minimum atomic E-state index is 0.143. The van der Waals surface area contributed by atoms with E-state index in [0.29, 0.717) is 6.42 Å². The predicted molar refractivity (Wildman–Crippen MR) is 108 cm³/mol. The number of aryl methyl sites for hydroxylation is 1. The molecular weight excluding hydrogens is 326 g/mol. The zero-order chi connectivity index (χ0) is 18.8. The van der Waals surface area contributed by atoms with Crippen molar-refractivity contribution >= 4 is 11.7 Å². The molecule has 1 aliphatic heterocycles. The maximum atomic E-state index is 12.1. The fraction of sp³-hybridized carbons (Fsp3) is 0.700. The molecule has 0 spiro atoms. The van der Waals surface area contributed by atoms with Crippen LogP contribution in [-0.4, -0.2) is 80.1 Å². The SMILES string of the molecule is CCN(CC)c1cc(CCC(=O)NCCCN2CCN(C)CC2)ccn1. The summed E-state index contributed by atoms with van der Waals surface area (Å²) in [4.78, 5) is 23.6. The van der Waals surface area contributed by atoms with Gasteiger partial charge in [-0.2, -0.15) is 0 Å². The highest BCUT2D eigenvalue weighted by molar-refractivity contribution is 5.76. The zero-order valence-corrected chi connectivity index (χ0v) is 16.7. The molecule has 0 radical (unpaired) electrons. The number of amides is 1. The molecule has 1 amide bonds. The number of anilines is 1. The Bertz CT molecular complexity index is 539. The van der Waals surface area contributed by atoms with Gasteiger partial charge in [-0.15, -0.1) is 0 Å². The number of pyridine rings is 1. The molecule has 2 rings (SSSR count). The van der Waals surface area contributed by atoms with Crippen LogP contribution in [0.4, 0.5) is 5.82 Å². The second kappa shape index (κ2) is 11.1. The molecule has 1 aromatic heterocycles. The Hall–Kier alpha value is -1.66. The Balaban J connectivity index is 1.63. The largest absolute Gasteiger partial charge is 0.357 e. The van der Waals surface area contributed by atoms with E-state index in [0.717, 1.165) is 71.0 Å². The zero-order valence-electron chi connectivity index (χ0n) is 16.7. The van der Waals surface area contributed by atoms with Crippen molar-refractivity contribution in [3.63, 3.8) is 0 Å². The summed E-state index contributed by atoms with van der Waals surface area (Å²) in [5.41, 5.74) is 1.18. The van der Waals surface area contributed by atoms with E-state index in [1.54, 1.807) is 0 Å². The van der Waals surface area contributed by atoms with Crippen molar-refractivity contribution in [1.82, 2.24) is 20.1 Å². The fourth-order valence-corrected chi connectivity index (χ4v) is 3.28. The molecule has 1 N–H and O–H groups in total. The number of carbonyl (C=O) groups excluding carboxylic acids is 1. The Kier molecular flexibility index (Phi) is 8.85. The summed E-state index contributed by atoms with van der Waals surface area (Å²) in [6.45, 7) is 12.6. The molecular formula is C20H35N5O. The summed E-state index contributed by atoms with van der Waals surface area (Å²) in [6, 6.07) is 4.11. The fourth-order valence-electron chi connectivity index (χ4n) is 3.28. The number of likely N-dealkylation sites (N-methyl/N-ethyl adjacent to an activating group) is 1. The molecule has 0 aliphatic carbocycles. The molecule has 146 valence electrons. The van der Waals surface area contributed by atoms with Gasteiger partial charge in [0.15, 0.2) is 0 Å². The first kappa shape index (κ1) is 20.6. The van der Waals surface area contributed by atoms with Crippen LogP contribution in [0.25, 0.3) is 0 Å². The van der Waals surface area contributed by atoms with E-state index >= 15 is 0 Å². The molecule has 0 bridgehead atoms. The number of hydrogen-bond donors (Lipinski definition) is 1. The third-order valence-corrected chi connectivity index (χ3v) is 5.11. The normalized spacial score (nSPS) is 15.8. The average Bonchev–Trinajstić information content (AvgIpc) is 2.66. The van der Waals surface area contributed by atoms with Crippen molar-refractivity contribution in [3.05, 3.63) is 23.9 Å². The van der Waals surface area contributed by atoms with Crippen LogP contribution in [0.3, 0.4) is 0 Å². The summed E-state index contributed by atoms with van der Waals surface area (Å²) in [7, 11) is 2.17. The molecule has 0 atom stereocenters. The molecule has 1 aromatic rings. The van der Waals surface area contributed by atoms with Crippen LogP contribution in [-0.2, 0) is 11.2 Å². The lowest BCUT2D eigenvalue weighted by atomic mass is 10.1. The minimum absolute atomic E-state index is 0.143. The van der Waals surface area contributed by atoms with Crippen LogP contribution in [0.5, 0.6) is 0 Å². The first-order chi connectivity index (χ1) is 12.6. The molecule has 6 nitrogen and oxygen atoms in total. The average molecular weight is 362 g/mol. The number of nitrogens with zero attached hydrogens (tertiary/aromatic N) is 4. The Morgan fingerprint density at radius 2 is 1.96 bits per heavy atom. The van der Waals surface area contributed by atoms with Crippen LogP contribution >= 0.6 is 0 Å². The van der Waals surface area contributed by atoms with E-state index in [1.165, 1.54) is 5.56 Å². The van der Waals surface area contributed by atoms with E-state index in [9.17, 15) is 4.79 Å². The number of carbonyl (C=O) groups is 1. The second-order valence-corrected chi connectivity index (χ2v) is 7.04. The van der Waals surface area contributed by atoms with Crippen LogP contribution < -0.4 is 10.2 Å². The second-order valence-electron chi connectivity index (χ2n) is 7.04. The van der Waals surface area contributed by atoms with Gasteiger partial charge in [0.2, 0.25) is 5.91 Å². The summed E-state index contributed by atoms with van der Waals surface area (Å²) in [6.07, 6.45) is 4.17. The number of rotatable bonds is 10. The van der Waals surface area contributed by atoms with Crippen molar-refractivity contribution in [2.45, 2.75) is 33.1 Å². The molecule has 26 heavy (non-hydrogen) atoms. The van der Waals surface area contributed by atoms with Gasteiger partial charge in [-0.05, 0) is 58.0 Å². The highest BCUT2D eigenvalue weighted by Gasteiger charge is 2.13. The van der Waals surface area contributed by atoms with Gasteiger partial charge < -0.3 is 20.0 Å². The van der Waals surface area contributed by atoms with Crippen molar-refractivity contribution in [1.29, 1.82) is 0 Å². The lowest BCUT2D eigenvalue weighted by Gasteiger charge is -2.32. The molecule has 1 aliphatic rings. The molecule has 2 heterocycles. The van der Waals surface area contributed by atoms with Crippen molar-refractivity contribution in [2.75, 3.05) is 64.3 Å². The van der Waals surface area contributed by atoms with Gasteiger partial charge in [0, 0.05) is 58.4 Å². The standard InChI is InChI=1S/C20H35N5O/c1-4-25(5-2)19-17-18(9-11-21-19)7-8-20(26)22-10-6-12-24-15-13-23(3)14-16-24/h9,11,17H,4-8,10,12-16H2,1-3H3,(H,22,26). The Morgan fingerprint density at radius 1 is 1.23 bits per heavy atom. The first-order valence-corrected chi connectivity index (χ1v) is 9.99. The van der Waals surface area contributed by atoms with E-state index in [1.807, 2.05) is 12.3 Å². The topological polar surface area (TPSA) is 51.7 Å². The third kappa shape index (κ3) is 6.92. The third-order valence-electron chi connectivity index (χ3n) is 5.11. The van der Waals surface area contributed by atoms with E-state index in [4.69, 9.17) is 0 Å². The van der Waals surface area contributed by atoms with Crippen molar-refractivity contribution < 1.29 is 4.79 Å². The van der Waals surface area contributed by atoms with Gasteiger partial charge in [-0.1, -0.05) is 0 Å². The highest BCUT2D eigenvalue weighted by atomic mass is 16.1. The van der Waals surface area contributed by atoms with Crippen LogP contribution in [0, 0.1) is 0 Å². The van der Waals surface area contributed by atoms with E-state index < -0.39 is 0 Å². The molecule has 1 saturated heterocycles. The molecule has 6 heteroatoms. The van der Waals surface area contributed by atoms with Gasteiger partial charge in [-0.25, -0.2) is 4.98 Å². The first-order valence-electron chi connectivity index (χ1n) is 9.99. The Morgan fingerprint density at radius 3 is 2.65 bits per heavy atom. The lowest BCUT2D eigenvalue weighted by molar-refractivity contribution is -0.121. The highest BCUT2D eigenvalue weighted by Crippen LogP contribution is 2.13. The van der Waals surface area contributed by atoms with Gasteiger partial charge in [0.25, 0.3) is 0 Å². The van der Waals surface area contributed by atoms with E-state index in [-0.39, 0.29) is 5.91 Å². The van der Waals surface area contributed by atoms with Gasteiger partial charge in [0.1, 0.15) is 5.82 Å². The molecule has 0 unspecified atom stereocenters. The summed E-state index contributed by atoms with van der Waals surface area (Å²) < 4.78 is 0. The number of piperazine rings is 1. The molecule has 0 aromatic carbocycles. The molecule has 1 fully saturated rings. The maximum absolute atomic E-state index is 12.1. The minimum Gasteiger partial charge on any atom is -0.357 e. The number of hydrogen-bond acceptors (Lipinski definition) is 5. The van der Waals surface area contributed by atoms with Crippen molar-refractivity contribution in [3.8, 4) is 0 Å². The quantitative estimate of drug-likeness (QED) is 0.642. The lowest BCUT2D eigenvalue weighted by Crippen LogP contribution is -2.45. The van der Waals surface area contributed by atoms with Gasteiger partial charge in [0.05, 0.1) is 0 Å². The maximum Gasteiger partial charge on any atom is 0.220 e. The summed E-state index contributed by atoms with van der Waals surface area (Å²) >= 11 is 0. The van der Waals surface area contributed by atoms with Crippen LogP contribution in [0.15, 0.2) is 18.3 Å². The monoisotopic (exact) mass is 361 g/mol. The van der Waals surface area contributed by atoms with Gasteiger partial charge in [-0.3, -0.25) is 4.79 Å². The van der Waals surface area contributed by atoms with Crippen molar-refractivity contribution in [2.24, 2.45) is 0 Å². The number of nitrogens with one attached hydrogen (secondary N) is 1. The van der Waals surface area contributed by atoms with Crippen LogP contribution in [0.1, 0.15) is 32.3 Å². The number of aromatic nitrogens is 1. The smallest absolute Gasteiger partial charge is 0.220 e. The summed E-state index contributed by atoms with van der Waals surface area (Å²) in [5, 5.41) is 3.06. The Labute approximate surface area is 158 Å². The van der Waals surface area contributed by atoms with E-state index in [2.05, 4.69) is 52.0 Å². The summed E-state index contributed by atoms with van der Waals surface area (Å²) in [5.74, 6) is 1.14. The molecule has 0 saturated carbocycles. The predicted octanol–water partition coefficient (Wildman–Crippen LogP) is 1.61. The van der Waals surface area contributed by atoms with Gasteiger partial charge >= 0.3 is 0 Å². The van der Waals surface area contributed by atoms with Crippen LogP contribution in [0.2, 0.25) is 0 Å².